The minimum atomic E-state index is -0.764. The summed E-state index contributed by atoms with van der Waals surface area (Å²) in [6.45, 7) is 3.88. The van der Waals surface area contributed by atoms with Crippen molar-refractivity contribution in [1.29, 1.82) is 0 Å². The van der Waals surface area contributed by atoms with Gasteiger partial charge in [0, 0.05) is 13.0 Å². The van der Waals surface area contributed by atoms with E-state index in [9.17, 15) is 14.7 Å². The van der Waals surface area contributed by atoms with Gasteiger partial charge in [0.2, 0.25) is 5.91 Å². The Hall–Kier alpha value is -2.60. The maximum Gasteiger partial charge on any atom is 0.287 e. The van der Waals surface area contributed by atoms with Crippen molar-refractivity contribution in [2.45, 2.75) is 32.4 Å². The average molecular weight is 344 g/mol. The summed E-state index contributed by atoms with van der Waals surface area (Å²) in [5.74, 6) is -0.618. The summed E-state index contributed by atoms with van der Waals surface area (Å²) in [7, 11) is 0. The summed E-state index contributed by atoms with van der Waals surface area (Å²) in [5, 5.41) is 15.3. The highest BCUT2D eigenvalue weighted by atomic mass is 16.3. The van der Waals surface area contributed by atoms with Gasteiger partial charge in [-0.15, -0.1) is 0 Å². The minimum Gasteiger partial charge on any atom is -0.459 e. The summed E-state index contributed by atoms with van der Waals surface area (Å²) < 4.78 is 5.07. The van der Waals surface area contributed by atoms with Crippen LogP contribution in [0.2, 0.25) is 0 Å². The van der Waals surface area contributed by atoms with E-state index in [0.29, 0.717) is 6.42 Å². The van der Waals surface area contributed by atoms with Crippen LogP contribution in [0.25, 0.3) is 0 Å². The van der Waals surface area contributed by atoms with Crippen LogP contribution in [-0.2, 0) is 11.2 Å². The van der Waals surface area contributed by atoms with Gasteiger partial charge in [-0.3, -0.25) is 9.59 Å². The van der Waals surface area contributed by atoms with E-state index in [0.717, 1.165) is 5.56 Å². The highest BCUT2D eigenvalue weighted by Gasteiger charge is 2.23. The molecule has 0 aliphatic carbocycles. The topological polar surface area (TPSA) is 91.6 Å². The fourth-order valence-electron chi connectivity index (χ4n) is 2.26. The van der Waals surface area contributed by atoms with Gasteiger partial charge < -0.3 is 20.2 Å². The lowest BCUT2D eigenvalue weighted by atomic mass is 10.0. The molecule has 0 aliphatic heterocycles. The summed E-state index contributed by atoms with van der Waals surface area (Å²) in [5.41, 5.74) is 0.923. The first-order chi connectivity index (χ1) is 12.0. The molecule has 1 aromatic carbocycles. The second-order valence-electron chi connectivity index (χ2n) is 6.25. The Morgan fingerprint density at radius 1 is 1.12 bits per heavy atom. The molecule has 1 aromatic heterocycles. The molecule has 2 amide bonds. The zero-order chi connectivity index (χ0) is 18.2. The van der Waals surface area contributed by atoms with Gasteiger partial charge in [-0.1, -0.05) is 44.2 Å². The molecule has 0 fully saturated rings. The molecule has 1 heterocycles. The lowest BCUT2D eigenvalue weighted by molar-refractivity contribution is -0.123. The standard InChI is InChI=1S/C19H24N2O4/c1-13(2)16(22)12-20-18(23)15(11-14-7-4-3-5-8-14)21-19(24)17-9-6-10-25-17/h3-10,13,15-16,22H,11-12H2,1-2H3,(H,20,23)(H,21,24). The Labute approximate surface area is 147 Å². The van der Waals surface area contributed by atoms with Gasteiger partial charge in [0.15, 0.2) is 5.76 Å². The van der Waals surface area contributed by atoms with E-state index in [4.69, 9.17) is 4.42 Å². The summed E-state index contributed by atoms with van der Waals surface area (Å²) in [6, 6.07) is 11.8. The normalized spacial score (nSPS) is 13.3. The molecule has 0 radical (unpaired) electrons. The van der Waals surface area contributed by atoms with Crippen molar-refractivity contribution < 1.29 is 19.1 Å². The van der Waals surface area contributed by atoms with Gasteiger partial charge >= 0.3 is 0 Å². The monoisotopic (exact) mass is 344 g/mol. The number of rotatable bonds is 8. The number of carbonyl (C=O) groups is 2. The smallest absolute Gasteiger partial charge is 0.287 e. The van der Waals surface area contributed by atoms with Crippen LogP contribution in [0.4, 0.5) is 0 Å². The highest BCUT2D eigenvalue weighted by molar-refractivity contribution is 5.95. The van der Waals surface area contributed by atoms with E-state index in [2.05, 4.69) is 10.6 Å². The van der Waals surface area contributed by atoms with Crippen LogP contribution in [0.3, 0.4) is 0 Å². The number of nitrogens with one attached hydrogen (secondary N) is 2. The molecule has 0 saturated heterocycles. The second kappa shape index (κ2) is 9.03. The first kappa shape index (κ1) is 18.7. The third kappa shape index (κ3) is 5.76. The number of furan rings is 1. The van der Waals surface area contributed by atoms with Gasteiger partial charge in [0.05, 0.1) is 12.4 Å². The van der Waals surface area contributed by atoms with Gasteiger partial charge in [-0.05, 0) is 23.6 Å². The van der Waals surface area contributed by atoms with Crippen molar-refractivity contribution >= 4 is 11.8 Å². The van der Waals surface area contributed by atoms with E-state index in [-0.39, 0.29) is 24.1 Å². The largest absolute Gasteiger partial charge is 0.459 e. The Morgan fingerprint density at radius 2 is 1.84 bits per heavy atom. The molecule has 2 atom stereocenters. The second-order valence-corrected chi connectivity index (χ2v) is 6.25. The van der Waals surface area contributed by atoms with E-state index >= 15 is 0 Å². The maximum atomic E-state index is 12.5. The van der Waals surface area contributed by atoms with Crippen LogP contribution in [0.15, 0.2) is 53.1 Å². The number of hydrogen-bond acceptors (Lipinski definition) is 4. The summed E-state index contributed by atoms with van der Waals surface area (Å²) >= 11 is 0. The zero-order valence-corrected chi connectivity index (χ0v) is 14.4. The molecule has 0 aliphatic rings. The van der Waals surface area contributed by atoms with Crippen LogP contribution in [-0.4, -0.2) is 35.6 Å². The minimum absolute atomic E-state index is 0.0329. The summed E-state index contributed by atoms with van der Waals surface area (Å²) in [6.07, 6.45) is 1.11. The molecule has 2 rings (SSSR count). The highest BCUT2D eigenvalue weighted by Crippen LogP contribution is 2.07. The Balaban J connectivity index is 2.05. The number of aliphatic hydroxyl groups is 1. The number of hydrogen-bond donors (Lipinski definition) is 3. The van der Waals surface area contributed by atoms with E-state index in [1.165, 1.54) is 12.3 Å². The number of aliphatic hydroxyl groups excluding tert-OH is 1. The SMILES string of the molecule is CC(C)C(O)CNC(=O)C(Cc1ccccc1)NC(=O)c1ccco1. The lowest BCUT2D eigenvalue weighted by Gasteiger charge is -2.20. The average Bonchev–Trinajstić information content (AvgIpc) is 3.14. The number of amides is 2. The first-order valence-electron chi connectivity index (χ1n) is 8.31. The molecule has 25 heavy (non-hydrogen) atoms. The molecule has 134 valence electrons. The molecular formula is C19H24N2O4. The fraction of sp³-hybridized carbons (Fsp3) is 0.368. The van der Waals surface area contributed by atoms with E-state index in [1.54, 1.807) is 6.07 Å². The van der Waals surface area contributed by atoms with Gasteiger partial charge in [-0.2, -0.15) is 0 Å². The predicted octanol–water partition coefficient (Wildman–Crippen LogP) is 1.75. The molecular weight excluding hydrogens is 320 g/mol. The molecule has 2 unspecified atom stereocenters. The predicted molar refractivity (Wildman–Crippen MR) is 94.0 cm³/mol. The third-order valence-corrected chi connectivity index (χ3v) is 3.90. The summed E-state index contributed by atoms with van der Waals surface area (Å²) in [4.78, 5) is 24.7. The van der Waals surface area contributed by atoms with Crippen LogP contribution in [0, 0.1) is 5.92 Å². The van der Waals surface area contributed by atoms with Gasteiger partial charge in [-0.25, -0.2) is 0 Å². The van der Waals surface area contributed by atoms with Crippen LogP contribution in [0.5, 0.6) is 0 Å². The van der Waals surface area contributed by atoms with Gasteiger partial charge in [0.25, 0.3) is 5.91 Å². The van der Waals surface area contributed by atoms with Crippen molar-refractivity contribution in [3.05, 3.63) is 60.1 Å². The third-order valence-electron chi connectivity index (χ3n) is 3.90. The first-order valence-corrected chi connectivity index (χ1v) is 8.31. The van der Waals surface area contributed by atoms with Crippen molar-refractivity contribution in [3.8, 4) is 0 Å². The number of carbonyl (C=O) groups excluding carboxylic acids is 2. The van der Waals surface area contributed by atoms with Crippen LogP contribution in [0.1, 0.15) is 30.0 Å². The Morgan fingerprint density at radius 3 is 2.44 bits per heavy atom. The van der Waals surface area contributed by atoms with Crippen molar-refractivity contribution in [2.75, 3.05) is 6.54 Å². The quantitative estimate of drug-likeness (QED) is 0.680. The lowest BCUT2D eigenvalue weighted by Crippen LogP contribution is -2.49. The fourth-order valence-corrected chi connectivity index (χ4v) is 2.26. The number of benzene rings is 1. The van der Waals surface area contributed by atoms with Crippen LogP contribution >= 0.6 is 0 Å². The van der Waals surface area contributed by atoms with Crippen molar-refractivity contribution in [1.82, 2.24) is 10.6 Å². The molecule has 2 aromatic rings. The Bertz CT molecular complexity index is 668. The molecule has 6 heteroatoms. The molecule has 3 N–H and O–H groups in total. The maximum absolute atomic E-state index is 12.5. The van der Waals surface area contributed by atoms with Gasteiger partial charge in [0.1, 0.15) is 6.04 Å². The van der Waals surface area contributed by atoms with Crippen molar-refractivity contribution in [3.63, 3.8) is 0 Å². The molecule has 0 spiro atoms. The van der Waals surface area contributed by atoms with E-state index in [1.807, 2.05) is 44.2 Å². The molecule has 0 bridgehead atoms. The molecule has 0 saturated carbocycles. The Kier molecular flexibility index (Phi) is 6.77. The zero-order valence-electron chi connectivity index (χ0n) is 14.4. The van der Waals surface area contributed by atoms with Crippen molar-refractivity contribution in [2.24, 2.45) is 5.92 Å². The molecule has 6 nitrogen and oxygen atoms in total. The van der Waals surface area contributed by atoms with Crippen LogP contribution < -0.4 is 10.6 Å². The van der Waals surface area contributed by atoms with E-state index < -0.39 is 18.1 Å².